The van der Waals surface area contributed by atoms with Gasteiger partial charge in [0, 0.05) is 19.0 Å². The van der Waals surface area contributed by atoms with Crippen LogP contribution in [0.4, 0.5) is 0 Å². The number of nitrogens with zero attached hydrogens (tertiary/aromatic N) is 3. The lowest BCUT2D eigenvalue weighted by Crippen LogP contribution is -2.48. The number of hydrogen-bond donors (Lipinski definition) is 3. The summed E-state index contributed by atoms with van der Waals surface area (Å²) in [5.41, 5.74) is 0. The SMILES string of the molecule is CN1CC[C@H](O)[C@H](C(=O)NCc2nc(C3CCCCC3)no2)C1.O=CO. The number of carbonyl (C=O) groups is 2. The first kappa shape index (κ1) is 20.3. The van der Waals surface area contributed by atoms with Crippen LogP contribution in [0.1, 0.15) is 56.2 Å². The highest BCUT2D eigenvalue weighted by Crippen LogP contribution is 2.30. The van der Waals surface area contributed by atoms with Crippen LogP contribution in [0, 0.1) is 5.92 Å². The predicted molar refractivity (Wildman–Crippen MR) is 92.3 cm³/mol. The molecule has 3 rings (SSSR count). The molecule has 1 saturated heterocycles. The van der Waals surface area contributed by atoms with Crippen LogP contribution in [0.25, 0.3) is 0 Å². The fourth-order valence-corrected chi connectivity index (χ4v) is 3.52. The number of rotatable bonds is 4. The molecule has 0 bridgehead atoms. The molecule has 1 amide bonds. The maximum absolute atomic E-state index is 12.2. The van der Waals surface area contributed by atoms with Crippen molar-refractivity contribution in [3.63, 3.8) is 0 Å². The summed E-state index contributed by atoms with van der Waals surface area (Å²) in [6.45, 7) is 1.37. The zero-order valence-corrected chi connectivity index (χ0v) is 15.1. The third-order valence-electron chi connectivity index (χ3n) is 4.98. The maximum atomic E-state index is 12.2. The van der Waals surface area contributed by atoms with E-state index in [0.717, 1.165) is 25.2 Å². The molecule has 0 radical (unpaired) electrons. The van der Waals surface area contributed by atoms with Crippen LogP contribution >= 0.6 is 0 Å². The summed E-state index contributed by atoms with van der Waals surface area (Å²) in [4.78, 5) is 27.1. The zero-order chi connectivity index (χ0) is 18.9. The number of carbonyl (C=O) groups excluding carboxylic acids is 1. The highest BCUT2D eigenvalue weighted by Gasteiger charge is 2.32. The average Bonchev–Trinajstić information content (AvgIpc) is 3.12. The lowest BCUT2D eigenvalue weighted by molar-refractivity contribution is -0.131. The average molecular weight is 368 g/mol. The van der Waals surface area contributed by atoms with Gasteiger partial charge in [0.1, 0.15) is 0 Å². The van der Waals surface area contributed by atoms with E-state index in [1.165, 1.54) is 19.3 Å². The molecular formula is C17H28N4O5. The van der Waals surface area contributed by atoms with Gasteiger partial charge in [-0.25, -0.2) is 0 Å². The van der Waals surface area contributed by atoms with Gasteiger partial charge in [-0.3, -0.25) is 9.59 Å². The summed E-state index contributed by atoms with van der Waals surface area (Å²) in [5.74, 6) is 1.06. The Hall–Kier alpha value is -2.00. The molecule has 26 heavy (non-hydrogen) atoms. The minimum atomic E-state index is -0.577. The molecule has 1 aromatic rings. The number of hydrogen-bond acceptors (Lipinski definition) is 7. The third-order valence-corrected chi connectivity index (χ3v) is 4.98. The van der Waals surface area contributed by atoms with Gasteiger partial charge in [0.15, 0.2) is 5.82 Å². The van der Waals surface area contributed by atoms with Crippen molar-refractivity contribution in [1.29, 1.82) is 0 Å². The number of likely N-dealkylation sites (tertiary alicyclic amines) is 1. The van der Waals surface area contributed by atoms with Gasteiger partial charge in [0.05, 0.1) is 18.6 Å². The van der Waals surface area contributed by atoms with Gasteiger partial charge in [0.25, 0.3) is 6.47 Å². The molecule has 3 N–H and O–H groups in total. The van der Waals surface area contributed by atoms with Crippen molar-refractivity contribution in [1.82, 2.24) is 20.4 Å². The highest BCUT2D eigenvalue weighted by atomic mass is 16.5. The summed E-state index contributed by atoms with van der Waals surface area (Å²) >= 11 is 0. The second kappa shape index (κ2) is 10.2. The lowest BCUT2D eigenvalue weighted by Gasteiger charge is -2.32. The van der Waals surface area contributed by atoms with Gasteiger partial charge in [-0.2, -0.15) is 4.98 Å². The van der Waals surface area contributed by atoms with Crippen molar-refractivity contribution in [2.24, 2.45) is 5.92 Å². The van der Waals surface area contributed by atoms with Crippen LogP contribution < -0.4 is 5.32 Å². The second-order valence-corrected chi connectivity index (χ2v) is 6.93. The number of aliphatic hydroxyl groups is 1. The molecule has 2 atom stereocenters. The topological polar surface area (TPSA) is 129 Å². The van der Waals surface area contributed by atoms with Gasteiger partial charge in [-0.15, -0.1) is 0 Å². The van der Waals surface area contributed by atoms with Crippen LogP contribution in [-0.2, 0) is 16.1 Å². The van der Waals surface area contributed by atoms with Crippen molar-refractivity contribution in [3.05, 3.63) is 11.7 Å². The van der Waals surface area contributed by atoms with Gasteiger partial charge >= 0.3 is 0 Å². The first-order valence-electron chi connectivity index (χ1n) is 9.09. The quantitative estimate of drug-likeness (QED) is 0.664. The molecular weight excluding hydrogens is 340 g/mol. The zero-order valence-electron chi connectivity index (χ0n) is 15.1. The Morgan fingerprint density at radius 3 is 2.73 bits per heavy atom. The van der Waals surface area contributed by atoms with Crippen molar-refractivity contribution in [2.75, 3.05) is 20.1 Å². The molecule has 146 valence electrons. The Labute approximate surface area is 152 Å². The van der Waals surface area contributed by atoms with E-state index in [2.05, 4.69) is 20.4 Å². The van der Waals surface area contributed by atoms with E-state index < -0.39 is 12.0 Å². The monoisotopic (exact) mass is 368 g/mol. The largest absolute Gasteiger partial charge is 0.483 e. The number of carboxylic acid groups (broad SMARTS) is 1. The predicted octanol–water partition coefficient (Wildman–Crippen LogP) is 0.747. The normalized spacial score (nSPS) is 24.4. The molecule has 2 heterocycles. The second-order valence-electron chi connectivity index (χ2n) is 6.93. The minimum absolute atomic E-state index is 0.151. The lowest BCUT2D eigenvalue weighted by atomic mass is 9.89. The Bertz CT molecular complexity index is 573. The summed E-state index contributed by atoms with van der Waals surface area (Å²) in [6, 6.07) is 0. The molecule has 1 aliphatic carbocycles. The van der Waals surface area contributed by atoms with E-state index in [4.69, 9.17) is 14.4 Å². The fraction of sp³-hybridized carbons (Fsp3) is 0.765. The van der Waals surface area contributed by atoms with Crippen molar-refractivity contribution >= 4 is 12.4 Å². The molecule has 0 unspecified atom stereocenters. The number of aromatic nitrogens is 2. The fourth-order valence-electron chi connectivity index (χ4n) is 3.52. The van der Waals surface area contributed by atoms with Crippen LogP contribution in [0.5, 0.6) is 0 Å². The standard InChI is InChI=1S/C16H26N4O3.CH2O2/c1-20-8-7-13(21)12(10-20)16(22)17-9-14-18-15(19-23-14)11-5-3-2-4-6-11;2-1-3/h11-13,21H,2-10H2,1H3,(H,17,22);1H,(H,2,3)/t12-,13+;/m1./s1. The Morgan fingerprint density at radius 2 is 2.04 bits per heavy atom. The van der Waals surface area contributed by atoms with E-state index in [0.29, 0.717) is 24.8 Å². The smallest absolute Gasteiger partial charge is 0.290 e. The van der Waals surface area contributed by atoms with E-state index >= 15 is 0 Å². The first-order valence-corrected chi connectivity index (χ1v) is 9.09. The molecule has 1 saturated carbocycles. The summed E-state index contributed by atoms with van der Waals surface area (Å²) in [6.07, 6.45) is 6.01. The van der Waals surface area contributed by atoms with Crippen molar-refractivity contribution < 1.29 is 24.3 Å². The van der Waals surface area contributed by atoms with E-state index in [-0.39, 0.29) is 18.9 Å². The number of piperidine rings is 1. The Morgan fingerprint density at radius 1 is 1.35 bits per heavy atom. The van der Waals surface area contributed by atoms with Crippen LogP contribution in [0.15, 0.2) is 4.52 Å². The summed E-state index contributed by atoms with van der Waals surface area (Å²) < 4.78 is 5.25. The molecule has 9 heteroatoms. The minimum Gasteiger partial charge on any atom is -0.483 e. The summed E-state index contributed by atoms with van der Waals surface area (Å²) in [5, 5.41) is 23.8. The molecule has 1 aromatic heterocycles. The summed E-state index contributed by atoms with van der Waals surface area (Å²) in [7, 11) is 1.96. The molecule has 2 aliphatic rings. The molecule has 9 nitrogen and oxygen atoms in total. The highest BCUT2D eigenvalue weighted by molar-refractivity contribution is 5.79. The van der Waals surface area contributed by atoms with E-state index in [1.54, 1.807) is 0 Å². The maximum Gasteiger partial charge on any atom is 0.290 e. The van der Waals surface area contributed by atoms with Crippen LogP contribution in [0.3, 0.4) is 0 Å². The van der Waals surface area contributed by atoms with Gasteiger partial charge in [-0.1, -0.05) is 24.4 Å². The number of amides is 1. The molecule has 0 aromatic carbocycles. The van der Waals surface area contributed by atoms with E-state index in [1.807, 2.05) is 7.05 Å². The van der Waals surface area contributed by atoms with Gasteiger partial charge < -0.3 is 25.0 Å². The van der Waals surface area contributed by atoms with Crippen molar-refractivity contribution in [3.8, 4) is 0 Å². The third kappa shape index (κ3) is 5.77. The molecule has 1 aliphatic heterocycles. The molecule has 0 spiro atoms. The van der Waals surface area contributed by atoms with Crippen LogP contribution in [-0.4, -0.2) is 63.9 Å². The van der Waals surface area contributed by atoms with E-state index in [9.17, 15) is 9.90 Å². The number of aliphatic hydroxyl groups excluding tert-OH is 1. The Kier molecular flexibility index (Phi) is 7.99. The Balaban J connectivity index is 0.000000758. The van der Waals surface area contributed by atoms with Crippen molar-refractivity contribution in [2.45, 2.75) is 57.1 Å². The van der Waals surface area contributed by atoms with Gasteiger partial charge in [-0.05, 0) is 26.3 Å². The van der Waals surface area contributed by atoms with Crippen LogP contribution in [0.2, 0.25) is 0 Å². The number of nitrogens with one attached hydrogen (secondary N) is 1. The van der Waals surface area contributed by atoms with Gasteiger partial charge in [0.2, 0.25) is 11.8 Å². The molecule has 2 fully saturated rings. The first-order chi connectivity index (χ1) is 12.5.